The number of methoxy groups -OCH3 is 1. The molecule has 1 aromatic carbocycles. The van der Waals surface area contributed by atoms with E-state index in [0.717, 1.165) is 10.6 Å². The van der Waals surface area contributed by atoms with Gasteiger partial charge in [-0.15, -0.1) is 11.8 Å². The first-order valence-corrected chi connectivity index (χ1v) is 9.93. The molecule has 2 rings (SSSR count). The molecule has 2 N–H and O–H groups in total. The number of carbonyl (C=O) groups is 3. The van der Waals surface area contributed by atoms with Crippen molar-refractivity contribution in [2.24, 2.45) is 0 Å². The number of thioether (sulfide) groups is 1. The molecule has 28 heavy (non-hydrogen) atoms. The minimum Gasteiger partial charge on any atom is -0.465 e. The van der Waals surface area contributed by atoms with Crippen molar-refractivity contribution in [3.8, 4) is 0 Å². The molecule has 2 aromatic rings. The number of rotatable bonds is 8. The summed E-state index contributed by atoms with van der Waals surface area (Å²) in [5, 5.41) is 2.87. The zero-order valence-electron chi connectivity index (χ0n) is 16.7. The summed E-state index contributed by atoms with van der Waals surface area (Å²) in [6, 6.07) is 7.55. The number of likely N-dealkylation sites (N-methyl/N-ethyl adjacent to an activating group) is 1. The van der Waals surface area contributed by atoms with Gasteiger partial charge in [-0.25, -0.2) is 4.79 Å². The van der Waals surface area contributed by atoms with Crippen molar-refractivity contribution < 1.29 is 19.1 Å². The average molecular weight is 404 g/mol. The van der Waals surface area contributed by atoms with Gasteiger partial charge >= 0.3 is 5.97 Å². The Labute approximate surface area is 168 Å². The van der Waals surface area contributed by atoms with E-state index in [1.807, 2.05) is 30.5 Å². The smallest absolute Gasteiger partial charge is 0.339 e. The van der Waals surface area contributed by atoms with Crippen molar-refractivity contribution >= 4 is 35.1 Å². The van der Waals surface area contributed by atoms with Crippen molar-refractivity contribution in [3.05, 3.63) is 46.8 Å². The molecule has 8 heteroatoms. The number of nitrogens with one attached hydrogen (secondary N) is 2. The third-order valence-corrected chi connectivity index (χ3v) is 5.11. The number of aromatic nitrogens is 1. The van der Waals surface area contributed by atoms with Crippen molar-refractivity contribution in [1.82, 2.24) is 9.88 Å². The molecule has 7 nitrogen and oxygen atoms in total. The second kappa shape index (κ2) is 9.57. The third-order valence-electron chi connectivity index (χ3n) is 4.31. The standard InChI is InChI=1S/C20H25N3O4S/c1-12-18(20(26)27-4)13(2)21-19(12)15(24)10-23(3)11-17(25)22-14-8-6-7-9-16(14)28-5/h6-9,21H,10-11H2,1-5H3,(H,22,25). The SMILES string of the molecule is COC(=O)c1c(C)[nH]c(C(=O)CN(C)CC(=O)Nc2ccccc2SC)c1C. The summed E-state index contributed by atoms with van der Waals surface area (Å²) >= 11 is 1.55. The van der Waals surface area contributed by atoms with E-state index >= 15 is 0 Å². The van der Waals surface area contributed by atoms with Gasteiger partial charge in [-0.3, -0.25) is 14.5 Å². The first-order valence-electron chi connectivity index (χ1n) is 8.70. The molecule has 0 atom stereocenters. The average Bonchev–Trinajstić information content (AvgIpc) is 2.95. The summed E-state index contributed by atoms with van der Waals surface area (Å²) in [5.41, 5.74) is 2.62. The number of benzene rings is 1. The number of ketones is 1. The lowest BCUT2D eigenvalue weighted by molar-refractivity contribution is -0.116. The molecule has 1 aromatic heterocycles. The van der Waals surface area contributed by atoms with Gasteiger partial charge in [0.2, 0.25) is 5.91 Å². The van der Waals surface area contributed by atoms with Crippen LogP contribution in [0.1, 0.15) is 32.1 Å². The van der Waals surface area contributed by atoms with Crippen molar-refractivity contribution in [3.63, 3.8) is 0 Å². The number of hydrogen-bond donors (Lipinski definition) is 2. The normalized spacial score (nSPS) is 10.8. The fourth-order valence-electron chi connectivity index (χ4n) is 3.00. The highest BCUT2D eigenvalue weighted by Crippen LogP contribution is 2.24. The van der Waals surface area contributed by atoms with Crippen LogP contribution in [0.3, 0.4) is 0 Å². The van der Waals surface area contributed by atoms with Crippen molar-refractivity contribution in [2.75, 3.05) is 38.8 Å². The van der Waals surface area contributed by atoms with E-state index in [0.29, 0.717) is 22.5 Å². The Morgan fingerprint density at radius 1 is 1.18 bits per heavy atom. The highest BCUT2D eigenvalue weighted by atomic mass is 32.2. The largest absolute Gasteiger partial charge is 0.465 e. The molecule has 0 radical (unpaired) electrons. The number of H-pyrrole nitrogens is 1. The van der Waals surface area contributed by atoms with Crippen molar-refractivity contribution in [2.45, 2.75) is 18.7 Å². The van der Waals surface area contributed by atoms with Crippen LogP contribution in [-0.2, 0) is 9.53 Å². The van der Waals surface area contributed by atoms with Crippen LogP contribution in [0.5, 0.6) is 0 Å². The predicted octanol–water partition coefficient (Wildman–Crippen LogP) is 2.89. The minimum atomic E-state index is -0.481. The van der Waals surface area contributed by atoms with Crippen LogP contribution in [0.4, 0.5) is 5.69 Å². The van der Waals surface area contributed by atoms with Gasteiger partial charge in [0.25, 0.3) is 0 Å². The number of hydrogen-bond acceptors (Lipinski definition) is 6. The number of carbonyl (C=O) groups excluding carboxylic acids is 3. The lowest BCUT2D eigenvalue weighted by Crippen LogP contribution is -2.34. The second-order valence-corrected chi connectivity index (χ2v) is 7.31. The summed E-state index contributed by atoms with van der Waals surface area (Å²) in [4.78, 5) is 42.4. The number of aromatic amines is 1. The van der Waals surface area contributed by atoms with Crippen LogP contribution in [0.25, 0.3) is 0 Å². The monoisotopic (exact) mass is 403 g/mol. The Hall–Kier alpha value is -2.58. The molecule has 0 saturated heterocycles. The van der Waals surface area contributed by atoms with Crippen LogP contribution in [0, 0.1) is 13.8 Å². The molecule has 0 bridgehead atoms. The third kappa shape index (κ3) is 5.02. The summed E-state index contributed by atoms with van der Waals surface area (Å²) < 4.78 is 4.76. The van der Waals surface area contributed by atoms with Crippen LogP contribution in [-0.4, -0.2) is 61.0 Å². The van der Waals surface area contributed by atoms with E-state index in [1.54, 1.807) is 37.6 Å². The van der Waals surface area contributed by atoms with E-state index in [-0.39, 0.29) is 24.8 Å². The van der Waals surface area contributed by atoms with E-state index in [2.05, 4.69) is 10.3 Å². The number of amides is 1. The van der Waals surface area contributed by atoms with Crippen LogP contribution >= 0.6 is 11.8 Å². The first kappa shape index (κ1) is 21.7. The Morgan fingerprint density at radius 2 is 1.86 bits per heavy atom. The molecule has 0 aliphatic carbocycles. The fraction of sp³-hybridized carbons (Fsp3) is 0.350. The number of aryl methyl sites for hydroxylation is 1. The van der Waals surface area contributed by atoms with E-state index < -0.39 is 5.97 Å². The topological polar surface area (TPSA) is 91.5 Å². The number of Topliss-reactive ketones (excluding diaryl/α,β-unsaturated/α-hetero) is 1. The molecule has 0 aliphatic rings. The molecule has 0 saturated carbocycles. The van der Waals surface area contributed by atoms with Gasteiger partial charge in [0.1, 0.15) is 0 Å². The minimum absolute atomic E-state index is 0.0407. The lowest BCUT2D eigenvalue weighted by atomic mass is 10.1. The Kier molecular flexibility index (Phi) is 7.42. The number of ether oxygens (including phenoxy) is 1. The summed E-state index contributed by atoms with van der Waals surface area (Å²) in [5.74, 6) is -0.882. The van der Waals surface area contributed by atoms with E-state index in [9.17, 15) is 14.4 Å². The maximum Gasteiger partial charge on any atom is 0.339 e. The quantitative estimate of drug-likeness (QED) is 0.400. The summed E-state index contributed by atoms with van der Waals surface area (Å²) in [6.07, 6.45) is 1.94. The maximum absolute atomic E-state index is 12.6. The Balaban J connectivity index is 2.01. The van der Waals surface area contributed by atoms with Crippen LogP contribution in [0.15, 0.2) is 29.2 Å². The number of anilines is 1. The van der Waals surface area contributed by atoms with Gasteiger partial charge in [-0.1, -0.05) is 12.1 Å². The van der Waals surface area contributed by atoms with Crippen LogP contribution in [0.2, 0.25) is 0 Å². The van der Waals surface area contributed by atoms with E-state index in [4.69, 9.17) is 4.74 Å². The van der Waals surface area contributed by atoms with Crippen LogP contribution < -0.4 is 5.32 Å². The van der Waals surface area contributed by atoms with Gasteiger partial charge in [0, 0.05) is 10.6 Å². The fourth-order valence-corrected chi connectivity index (χ4v) is 3.55. The molecule has 0 spiro atoms. The van der Waals surface area contributed by atoms with Crippen molar-refractivity contribution in [1.29, 1.82) is 0 Å². The molecular weight excluding hydrogens is 378 g/mol. The van der Waals surface area contributed by atoms with Gasteiger partial charge in [-0.2, -0.15) is 0 Å². The van der Waals surface area contributed by atoms with Gasteiger partial charge in [0.05, 0.1) is 37.1 Å². The Morgan fingerprint density at radius 3 is 2.50 bits per heavy atom. The molecule has 0 aliphatic heterocycles. The highest BCUT2D eigenvalue weighted by Gasteiger charge is 2.23. The molecule has 1 heterocycles. The van der Waals surface area contributed by atoms with Gasteiger partial charge < -0.3 is 15.0 Å². The number of para-hydroxylation sites is 1. The first-order chi connectivity index (χ1) is 13.3. The highest BCUT2D eigenvalue weighted by molar-refractivity contribution is 7.98. The van der Waals surface area contributed by atoms with Gasteiger partial charge in [0.15, 0.2) is 5.78 Å². The molecule has 1 amide bonds. The molecule has 0 unspecified atom stereocenters. The second-order valence-electron chi connectivity index (χ2n) is 6.46. The number of esters is 1. The molecular formula is C20H25N3O4S. The Bertz CT molecular complexity index is 892. The lowest BCUT2D eigenvalue weighted by Gasteiger charge is -2.16. The summed E-state index contributed by atoms with van der Waals surface area (Å²) in [7, 11) is 3.00. The van der Waals surface area contributed by atoms with Gasteiger partial charge in [-0.05, 0) is 44.8 Å². The zero-order chi connectivity index (χ0) is 20.8. The maximum atomic E-state index is 12.6. The molecule has 150 valence electrons. The molecule has 0 fully saturated rings. The predicted molar refractivity (Wildman–Crippen MR) is 110 cm³/mol. The zero-order valence-corrected chi connectivity index (χ0v) is 17.5. The number of nitrogens with zero attached hydrogens (tertiary/aromatic N) is 1. The van der Waals surface area contributed by atoms with E-state index in [1.165, 1.54) is 7.11 Å². The summed E-state index contributed by atoms with van der Waals surface area (Å²) in [6.45, 7) is 3.53.